The molecular weight excluding hydrogens is 524 g/mol. The van der Waals surface area contributed by atoms with E-state index in [1.807, 2.05) is 18.2 Å². The van der Waals surface area contributed by atoms with Gasteiger partial charge in [-0.3, -0.25) is 10.3 Å². The van der Waals surface area contributed by atoms with Crippen LogP contribution in [-0.4, -0.2) is 31.3 Å². The monoisotopic (exact) mass is 550 g/mol. The van der Waals surface area contributed by atoms with Crippen LogP contribution in [0.15, 0.2) is 103 Å². The first kappa shape index (κ1) is 26.8. The molecule has 4 aromatic carbocycles. The maximum absolute atomic E-state index is 12.5. The van der Waals surface area contributed by atoms with Gasteiger partial charge in [-0.1, -0.05) is 30.3 Å². The molecule has 0 radical (unpaired) electrons. The van der Waals surface area contributed by atoms with Crippen LogP contribution >= 0.6 is 0 Å². The summed E-state index contributed by atoms with van der Waals surface area (Å²) in [4.78, 5) is 29.3. The minimum atomic E-state index is -0.719. The van der Waals surface area contributed by atoms with Crippen molar-refractivity contribution in [1.29, 1.82) is 0 Å². The smallest absolute Gasteiger partial charge is 0.327 e. The highest BCUT2D eigenvalue weighted by atomic mass is 16.5. The maximum Gasteiger partial charge on any atom is 0.327 e. The fourth-order valence-corrected chi connectivity index (χ4v) is 3.96. The Hall–Kier alpha value is -5.77. The summed E-state index contributed by atoms with van der Waals surface area (Å²) in [5.41, 5.74) is 1.55. The average Bonchev–Trinajstić information content (AvgIpc) is 2.99. The number of ether oxygens (including phenoxy) is 4. The van der Waals surface area contributed by atoms with E-state index in [0.717, 1.165) is 5.39 Å². The Kier molecular flexibility index (Phi) is 8.11. The number of benzene rings is 4. The summed E-state index contributed by atoms with van der Waals surface area (Å²) in [7, 11) is 3.12. The first-order valence-electron chi connectivity index (χ1n) is 12.5. The number of nitrogens with zero attached hydrogens (tertiary/aromatic N) is 1. The number of aromatic nitrogens is 1. The Morgan fingerprint density at radius 2 is 1.27 bits per heavy atom. The minimum absolute atomic E-state index is 0.405. The zero-order valence-electron chi connectivity index (χ0n) is 22.2. The molecule has 0 aliphatic carbocycles. The van der Waals surface area contributed by atoms with Gasteiger partial charge in [0.1, 0.15) is 17.2 Å². The van der Waals surface area contributed by atoms with Crippen molar-refractivity contribution in [1.82, 2.24) is 10.3 Å². The van der Waals surface area contributed by atoms with Gasteiger partial charge in [0.25, 0.3) is 0 Å². The van der Waals surface area contributed by atoms with E-state index in [1.54, 1.807) is 99.3 Å². The van der Waals surface area contributed by atoms with E-state index in [0.29, 0.717) is 51.4 Å². The fourth-order valence-electron chi connectivity index (χ4n) is 3.96. The van der Waals surface area contributed by atoms with Crippen molar-refractivity contribution in [2.45, 2.75) is 0 Å². The van der Waals surface area contributed by atoms with Crippen molar-refractivity contribution in [3.8, 4) is 34.5 Å². The molecule has 10 heteroatoms. The molecule has 0 aliphatic heterocycles. The van der Waals surface area contributed by atoms with E-state index in [4.69, 9.17) is 18.9 Å². The first-order valence-corrected chi connectivity index (χ1v) is 12.5. The van der Waals surface area contributed by atoms with Crippen molar-refractivity contribution < 1.29 is 28.5 Å². The van der Waals surface area contributed by atoms with Gasteiger partial charge in [0.05, 0.1) is 25.4 Å². The second-order valence-corrected chi connectivity index (χ2v) is 8.60. The lowest BCUT2D eigenvalue weighted by Gasteiger charge is -2.13. The molecule has 1 heterocycles. The molecule has 3 N–H and O–H groups in total. The van der Waals surface area contributed by atoms with Gasteiger partial charge in [0.2, 0.25) is 0 Å². The molecule has 0 saturated carbocycles. The van der Waals surface area contributed by atoms with Crippen LogP contribution in [0.1, 0.15) is 0 Å². The highest BCUT2D eigenvalue weighted by molar-refractivity contribution is 6.05. The van der Waals surface area contributed by atoms with Crippen LogP contribution in [0, 0.1) is 0 Å². The SMILES string of the molecule is COc1cc2nccc(Oc3ccc(NC(=O)NC(=O)Nc4ccccc4Oc4ccccc4)cc3)c2cc1OC. The van der Waals surface area contributed by atoms with Crippen LogP contribution in [0.5, 0.6) is 34.5 Å². The number of fused-ring (bicyclic) bond motifs is 1. The predicted molar refractivity (Wildman–Crippen MR) is 155 cm³/mol. The number of anilines is 2. The maximum atomic E-state index is 12.5. The highest BCUT2D eigenvalue weighted by Crippen LogP contribution is 2.37. The molecule has 0 spiro atoms. The number of hydrogen-bond acceptors (Lipinski definition) is 7. The van der Waals surface area contributed by atoms with E-state index in [9.17, 15) is 9.59 Å². The van der Waals surface area contributed by atoms with Crippen molar-refractivity contribution in [2.75, 3.05) is 24.9 Å². The van der Waals surface area contributed by atoms with Gasteiger partial charge in [0.15, 0.2) is 17.2 Å². The van der Waals surface area contributed by atoms with Gasteiger partial charge in [-0.25, -0.2) is 9.59 Å². The van der Waals surface area contributed by atoms with Crippen molar-refractivity contribution >= 4 is 34.3 Å². The highest BCUT2D eigenvalue weighted by Gasteiger charge is 2.13. The summed E-state index contributed by atoms with van der Waals surface area (Å²) in [6, 6.07) is 26.7. The Bertz CT molecular complexity index is 1680. The van der Waals surface area contributed by atoms with E-state index >= 15 is 0 Å². The van der Waals surface area contributed by atoms with Crippen LogP contribution < -0.4 is 34.9 Å². The molecule has 5 aromatic rings. The van der Waals surface area contributed by atoms with Crippen molar-refractivity contribution in [3.05, 3.63) is 103 Å². The third-order valence-electron chi connectivity index (χ3n) is 5.88. The number of amides is 4. The average molecular weight is 551 g/mol. The number of nitrogens with one attached hydrogen (secondary N) is 3. The second-order valence-electron chi connectivity index (χ2n) is 8.60. The molecule has 0 fully saturated rings. The lowest BCUT2D eigenvalue weighted by molar-refractivity contribution is 0.240. The van der Waals surface area contributed by atoms with E-state index in [1.165, 1.54) is 0 Å². The van der Waals surface area contributed by atoms with Crippen LogP contribution in [0.3, 0.4) is 0 Å². The molecule has 0 bridgehead atoms. The molecule has 1 aromatic heterocycles. The number of carbonyl (C=O) groups is 2. The molecular formula is C31H26N4O6. The Morgan fingerprint density at radius 1 is 0.634 bits per heavy atom. The Morgan fingerprint density at radius 3 is 2.02 bits per heavy atom. The predicted octanol–water partition coefficient (Wildman–Crippen LogP) is 7.19. The van der Waals surface area contributed by atoms with Gasteiger partial charge < -0.3 is 29.6 Å². The fraction of sp³-hybridized carbons (Fsp3) is 0.0645. The molecule has 0 saturated heterocycles. The minimum Gasteiger partial charge on any atom is -0.493 e. The number of para-hydroxylation sites is 3. The summed E-state index contributed by atoms with van der Waals surface area (Å²) >= 11 is 0. The summed E-state index contributed by atoms with van der Waals surface area (Å²) < 4.78 is 22.7. The summed E-state index contributed by atoms with van der Waals surface area (Å²) in [5.74, 6) is 3.28. The van der Waals surface area contributed by atoms with Gasteiger partial charge in [0, 0.05) is 23.3 Å². The molecule has 0 atom stereocenters. The number of methoxy groups -OCH3 is 2. The molecule has 10 nitrogen and oxygen atoms in total. The van der Waals surface area contributed by atoms with Crippen molar-refractivity contribution in [3.63, 3.8) is 0 Å². The summed E-state index contributed by atoms with van der Waals surface area (Å²) in [6.45, 7) is 0. The molecule has 5 rings (SSSR count). The topological polar surface area (TPSA) is 120 Å². The third-order valence-corrected chi connectivity index (χ3v) is 5.88. The summed E-state index contributed by atoms with van der Waals surface area (Å²) in [6.07, 6.45) is 1.64. The van der Waals surface area contributed by atoms with Gasteiger partial charge in [-0.2, -0.15) is 0 Å². The zero-order valence-corrected chi connectivity index (χ0v) is 22.2. The van der Waals surface area contributed by atoms with Crippen molar-refractivity contribution in [2.24, 2.45) is 0 Å². The number of carbonyl (C=O) groups excluding carboxylic acids is 2. The van der Waals surface area contributed by atoms with E-state index in [2.05, 4.69) is 20.9 Å². The number of urea groups is 2. The standard InChI is InChI=1S/C31H26N4O6/c1-38-28-18-23-25(19-29(28)39-2)32-17-16-26(23)40-22-14-12-20(13-15-22)33-30(36)35-31(37)34-24-10-6-7-11-27(24)41-21-8-4-3-5-9-21/h3-19H,1-2H3,(H3,33,34,35,36,37). The molecule has 4 amide bonds. The first-order chi connectivity index (χ1) is 20.0. The lowest BCUT2D eigenvalue weighted by Crippen LogP contribution is -2.37. The van der Waals surface area contributed by atoms with Gasteiger partial charge in [-0.15, -0.1) is 0 Å². The number of pyridine rings is 1. The van der Waals surface area contributed by atoms with E-state index in [-0.39, 0.29) is 0 Å². The van der Waals surface area contributed by atoms with Crippen LogP contribution in [0.25, 0.3) is 10.9 Å². The third kappa shape index (κ3) is 6.63. The van der Waals surface area contributed by atoms with Gasteiger partial charge >= 0.3 is 12.1 Å². The van der Waals surface area contributed by atoms with Crippen LogP contribution in [0.4, 0.5) is 21.0 Å². The quantitative estimate of drug-likeness (QED) is 0.187. The van der Waals surface area contributed by atoms with E-state index < -0.39 is 12.1 Å². The molecule has 206 valence electrons. The number of rotatable bonds is 8. The molecule has 0 unspecified atom stereocenters. The Labute approximate surface area is 235 Å². The number of imide groups is 1. The lowest BCUT2D eigenvalue weighted by atomic mass is 10.2. The largest absolute Gasteiger partial charge is 0.493 e. The second kappa shape index (κ2) is 12.4. The zero-order chi connectivity index (χ0) is 28.6. The van der Waals surface area contributed by atoms with Crippen LogP contribution in [0.2, 0.25) is 0 Å². The number of hydrogen-bond donors (Lipinski definition) is 3. The normalized spacial score (nSPS) is 10.4. The molecule has 0 aliphatic rings. The summed E-state index contributed by atoms with van der Waals surface area (Å²) in [5, 5.41) is 8.25. The van der Waals surface area contributed by atoms with Crippen LogP contribution in [-0.2, 0) is 0 Å². The molecule has 41 heavy (non-hydrogen) atoms. The Balaban J connectivity index is 1.19. The van der Waals surface area contributed by atoms with Gasteiger partial charge in [-0.05, 0) is 60.7 Å².